The second kappa shape index (κ2) is 19.4. The average Bonchev–Trinajstić information content (AvgIpc) is 3.94. The van der Waals surface area contributed by atoms with Crippen LogP contribution in [0.25, 0.3) is 94.1 Å². The third-order valence-corrected chi connectivity index (χ3v) is 15.3. The number of aromatic nitrogens is 4. The number of fused-ring (bicyclic) bond motifs is 7. The van der Waals surface area contributed by atoms with Crippen LogP contribution in [0, 0.1) is 23.5 Å². The monoisotopic (exact) mass is 1110 g/mol. The van der Waals surface area contributed by atoms with Gasteiger partial charge in [0.25, 0.3) is 0 Å². The first-order valence-electron chi connectivity index (χ1n) is 24.0. The summed E-state index contributed by atoms with van der Waals surface area (Å²) in [5.74, 6) is 1.72. The van der Waals surface area contributed by atoms with Crippen LogP contribution in [-0.4, -0.2) is 27.6 Å². The van der Waals surface area contributed by atoms with E-state index in [4.69, 9.17) is 9.40 Å². The predicted octanol–water partition coefficient (Wildman–Crippen LogP) is 16.1. The van der Waals surface area contributed by atoms with Crippen LogP contribution in [0.3, 0.4) is 0 Å². The number of benzene rings is 7. The first kappa shape index (κ1) is 48.0. The molecule has 70 heavy (non-hydrogen) atoms. The first-order valence-corrected chi connectivity index (χ1v) is 27.5. The van der Waals surface area contributed by atoms with Crippen LogP contribution in [0.15, 0.2) is 156 Å². The number of hydrogen-bond donors (Lipinski definition) is 0. The van der Waals surface area contributed by atoms with Crippen molar-refractivity contribution >= 4 is 67.9 Å². The Kier molecular flexibility index (Phi) is 13.3. The molecule has 0 saturated heterocycles. The zero-order valence-electron chi connectivity index (χ0n) is 41.1. The summed E-state index contributed by atoms with van der Waals surface area (Å²) in [7, 11) is -1.25. The maximum absolute atomic E-state index is 9.54. The van der Waals surface area contributed by atoms with Gasteiger partial charge in [0.15, 0.2) is 0 Å². The van der Waals surface area contributed by atoms with Gasteiger partial charge in [0.05, 0.1) is 30.5 Å². The Balaban J connectivity index is 0.000000257. The van der Waals surface area contributed by atoms with Crippen molar-refractivity contribution in [1.29, 1.82) is 5.26 Å². The molecule has 0 atom stereocenters. The summed E-state index contributed by atoms with van der Waals surface area (Å²) in [6.07, 6.45) is 2.03. The fourth-order valence-electron chi connectivity index (χ4n) is 9.38. The zero-order chi connectivity index (χ0) is 48.1. The van der Waals surface area contributed by atoms with Crippen molar-refractivity contribution in [1.82, 2.24) is 19.5 Å². The van der Waals surface area contributed by atoms with Gasteiger partial charge in [-0.2, -0.15) is 5.26 Å². The molecule has 0 bridgehead atoms. The standard InChI is InChI=1S/C45H33N4O.C17H22NSi.Ir/c1-26(2)38-23-32(31-17-16-28-10-5-6-12-30(28)22-31)24-39(27(3)4)41(38)49-42-34-13-8-7-11-29(34)18-21-40(42)48-44(49)37-15-9-14-35-36-20-19-33(25-46)47-45(36)50-43(35)37;1-13(2)14-6-8-15(9-7-14)17-11-10-16(12-18-17)19(3,4)5;/h5-14,16-24,26-27H,1-4H3;6-8,10-13H,1-5H3;/q2*-1;. The first-order chi connectivity index (χ1) is 33.3. The van der Waals surface area contributed by atoms with Crippen molar-refractivity contribution in [3.05, 3.63) is 186 Å². The number of imidazole rings is 1. The normalized spacial score (nSPS) is 11.8. The van der Waals surface area contributed by atoms with Gasteiger partial charge in [0.1, 0.15) is 11.8 Å². The molecule has 0 N–H and O–H groups in total. The second-order valence-electron chi connectivity index (χ2n) is 20.0. The van der Waals surface area contributed by atoms with Crippen LogP contribution >= 0.6 is 0 Å². The number of hydrogen-bond acceptors (Lipinski definition) is 5. The largest absolute Gasteiger partial charge is 0.486 e. The Labute approximate surface area is 425 Å². The van der Waals surface area contributed by atoms with Gasteiger partial charge in [-0.1, -0.05) is 157 Å². The molecule has 4 heterocycles. The molecule has 11 aromatic rings. The zero-order valence-corrected chi connectivity index (χ0v) is 44.5. The number of furan rings is 1. The molecule has 0 spiro atoms. The third kappa shape index (κ3) is 9.02. The van der Waals surface area contributed by atoms with E-state index in [0.29, 0.717) is 22.9 Å². The summed E-state index contributed by atoms with van der Waals surface area (Å²) in [6.45, 7) is 20.5. The summed E-state index contributed by atoms with van der Waals surface area (Å²) in [5, 5.41) is 17.4. The summed E-state index contributed by atoms with van der Waals surface area (Å²) < 4.78 is 8.84. The van der Waals surface area contributed by atoms with Crippen LogP contribution in [-0.2, 0) is 20.1 Å². The van der Waals surface area contributed by atoms with Gasteiger partial charge in [-0.05, 0) is 97.5 Å². The van der Waals surface area contributed by atoms with E-state index in [0.717, 1.165) is 60.9 Å². The molecular formula is C62H55IrN5OSi-2. The Bertz CT molecular complexity index is 3730. The minimum absolute atomic E-state index is 0. The molecule has 0 fully saturated rings. The Morgan fingerprint density at radius 1 is 0.643 bits per heavy atom. The molecule has 0 saturated carbocycles. The van der Waals surface area contributed by atoms with Crippen molar-refractivity contribution in [2.75, 3.05) is 0 Å². The molecule has 6 nitrogen and oxygen atoms in total. The van der Waals surface area contributed by atoms with Crippen LogP contribution < -0.4 is 5.19 Å². The summed E-state index contributed by atoms with van der Waals surface area (Å²) in [5.41, 5.74) is 13.5. The van der Waals surface area contributed by atoms with Gasteiger partial charge < -0.3 is 14.0 Å². The van der Waals surface area contributed by atoms with E-state index >= 15 is 0 Å². The SMILES string of the molecule is CC(C)c1c[c-]c(-c2ccc([Si](C)(C)C)cn2)cc1.CC(C)c1cc(-c2ccc3ccccc3c2)cc(C(C)C)c1-n1c(-c2[c-]ccc3c2oc2nc(C#N)ccc23)nc2ccc3ccccc3c21.[Ir]. The molecule has 1 radical (unpaired) electrons. The molecule has 0 unspecified atom stereocenters. The minimum Gasteiger partial charge on any atom is -0.486 e. The molecule has 349 valence electrons. The van der Waals surface area contributed by atoms with E-state index < -0.39 is 8.07 Å². The fraction of sp³-hybridized carbons (Fsp3) is 0.194. The Hall–Kier alpha value is -7.01. The second-order valence-corrected chi connectivity index (χ2v) is 25.1. The van der Waals surface area contributed by atoms with Crippen LogP contribution in [0.4, 0.5) is 0 Å². The maximum atomic E-state index is 9.54. The summed E-state index contributed by atoms with van der Waals surface area (Å²) in [6, 6.07) is 60.1. The molecular weight excluding hydrogens is 1050 g/mol. The molecule has 0 amide bonds. The van der Waals surface area contributed by atoms with E-state index in [1.54, 1.807) is 6.07 Å². The summed E-state index contributed by atoms with van der Waals surface area (Å²) in [4.78, 5) is 14.5. The van der Waals surface area contributed by atoms with Crippen LogP contribution in [0.5, 0.6) is 0 Å². The van der Waals surface area contributed by atoms with Crippen molar-refractivity contribution < 1.29 is 24.5 Å². The maximum Gasteiger partial charge on any atom is 0.217 e. The molecule has 0 aliphatic heterocycles. The van der Waals surface area contributed by atoms with Crippen LogP contribution in [0.1, 0.15) is 81.7 Å². The van der Waals surface area contributed by atoms with Crippen molar-refractivity contribution in [2.24, 2.45) is 0 Å². The minimum atomic E-state index is -1.25. The van der Waals surface area contributed by atoms with Crippen molar-refractivity contribution in [3.63, 3.8) is 0 Å². The third-order valence-electron chi connectivity index (χ3n) is 13.3. The van der Waals surface area contributed by atoms with Gasteiger partial charge in [-0.3, -0.25) is 4.98 Å². The molecule has 7 aromatic carbocycles. The Morgan fingerprint density at radius 2 is 1.36 bits per heavy atom. The number of rotatable bonds is 8. The van der Waals surface area contributed by atoms with Gasteiger partial charge in [0, 0.05) is 42.8 Å². The Morgan fingerprint density at radius 3 is 2.01 bits per heavy atom. The van der Waals surface area contributed by atoms with E-state index in [2.05, 4.69) is 215 Å². The van der Waals surface area contributed by atoms with Gasteiger partial charge >= 0.3 is 0 Å². The topological polar surface area (TPSA) is 80.5 Å². The van der Waals surface area contributed by atoms with Gasteiger partial charge in [0.2, 0.25) is 5.71 Å². The van der Waals surface area contributed by atoms with E-state index in [-0.39, 0.29) is 31.9 Å². The van der Waals surface area contributed by atoms with Gasteiger partial charge in [-0.15, -0.1) is 53.6 Å². The molecule has 11 rings (SSSR count). The number of nitrogens with zero attached hydrogens (tertiary/aromatic N) is 5. The van der Waals surface area contributed by atoms with E-state index in [1.807, 2.05) is 24.4 Å². The molecule has 0 aliphatic carbocycles. The number of pyridine rings is 2. The predicted molar refractivity (Wildman–Crippen MR) is 289 cm³/mol. The fourth-order valence-corrected chi connectivity index (χ4v) is 10.4. The quantitative estimate of drug-likeness (QED) is 0.112. The molecule has 0 aliphatic rings. The smallest absolute Gasteiger partial charge is 0.217 e. The molecule has 8 heteroatoms. The van der Waals surface area contributed by atoms with Crippen molar-refractivity contribution in [2.45, 2.75) is 78.9 Å². The van der Waals surface area contributed by atoms with Crippen LogP contribution in [0.2, 0.25) is 19.6 Å². The van der Waals surface area contributed by atoms with E-state index in [9.17, 15) is 5.26 Å². The average molecular weight is 1110 g/mol. The number of nitriles is 1. The van der Waals surface area contributed by atoms with Gasteiger partial charge in [-0.25, -0.2) is 4.98 Å². The van der Waals surface area contributed by atoms with E-state index in [1.165, 1.54) is 43.8 Å². The van der Waals surface area contributed by atoms with Crippen molar-refractivity contribution in [3.8, 4) is 45.5 Å². The molecule has 4 aromatic heterocycles. The summed E-state index contributed by atoms with van der Waals surface area (Å²) >= 11 is 0.